The van der Waals surface area contributed by atoms with Crippen molar-refractivity contribution in [3.05, 3.63) is 50.0 Å². The van der Waals surface area contributed by atoms with Crippen LogP contribution in [-0.4, -0.2) is 0 Å². The number of nitrogens with zero attached hydrogens (tertiary/aromatic N) is 1. The first-order chi connectivity index (χ1) is 8.60. The Balaban J connectivity index is 2.34. The van der Waals surface area contributed by atoms with Crippen LogP contribution in [0.5, 0.6) is 0 Å². The van der Waals surface area contributed by atoms with Gasteiger partial charge in [0.1, 0.15) is 6.07 Å². The summed E-state index contributed by atoms with van der Waals surface area (Å²) in [6.07, 6.45) is 0. The Morgan fingerprint density at radius 1 is 1.22 bits per heavy atom. The molecule has 3 N–H and O–H groups in total. The molecule has 0 heterocycles. The van der Waals surface area contributed by atoms with Crippen LogP contribution in [0.25, 0.3) is 0 Å². The summed E-state index contributed by atoms with van der Waals surface area (Å²) in [5.41, 5.74) is 8.49. The van der Waals surface area contributed by atoms with E-state index in [1.165, 1.54) is 0 Å². The van der Waals surface area contributed by atoms with E-state index in [-0.39, 0.29) is 0 Å². The van der Waals surface area contributed by atoms with Gasteiger partial charge in [-0.1, -0.05) is 15.9 Å². The molecule has 0 aliphatic heterocycles. The number of anilines is 3. The van der Waals surface area contributed by atoms with Crippen LogP contribution in [0, 0.1) is 14.9 Å². The van der Waals surface area contributed by atoms with Crippen molar-refractivity contribution in [3.63, 3.8) is 0 Å². The smallest absolute Gasteiger partial charge is 0.101 e. The maximum atomic E-state index is 8.94. The minimum Gasteiger partial charge on any atom is -0.398 e. The molecule has 0 unspecified atom stereocenters. The van der Waals surface area contributed by atoms with Crippen molar-refractivity contribution in [2.75, 3.05) is 11.1 Å². The van der Waals surface area contributed by atoms with Crippen molar-refractivity contribution in [1.82, 2.24) is 0 Å². The van der Waals surface area contributed by atoms with E-state index in [9.17, 15) is 0 Å². The lowest BCUT2D eigenvalue weighted by molar-refractivity contribution is 1.46. The minimum absolute atomic E-state index is 0.477. The Bertz CT molecular complexity index is 635. The SMILES string of the molecule is N#Cc1cc(Nc2cc(Br)ccc2I)ccc1N. The number of rotatable bonds is 2. The average Bonchev–Trinajstić information content (AvgIpc) is 2.36. The Morgan fingerprint density at radius 3 is 2.72 bits per heavy atom. The summed E-state index contributed by atoms with van der Waals surface area (Å²) in [6.45, 7) is 0. The second-order valence-corrected chi connectivity index (χ2v) is 5.74. The first kappa shape index (κ1) is 13.2. The largest absolute Gasteiger partial charge is 0.398 e. The molecule has 0 radical (unpaired) electrons. The highest BCUT2D eigenvalue weighted by atomic mass is 127. The van der Waals surface area contributed by atoms with Gasteiger partial charge in [-0.3, -0.25) is 0 Å². The van der Waals surface area contributed by atoms with Gasteiger partial charge < -0.3 is 11.1 Å². The van der Waals surface area contributed by atoms with Crippen LogP contribution in [0.3, 0.4) is 0 Å². The van der Waals surface area contributed by atoms with E-state index in [1.807, 2.05) is 24.3 Å². The fourth-order valence-electron chi connectivity index (χ4n) is 1.48. The van der Waals surface area contributed by atoms with Crippen LogP contribution >= 0.6 is 38.5 Å². The standard InChI is InChI=1S/C13H9BrIN3/c14-9-1-3-11(15)13(6-9)18-10-2-4-12(17)8(5-10)7-16/h1-6,18H,17H2. The zero-order valence-corrected chi connectivity index (χ0v) is 13.0. The number of hydrogen-bond acceptors (Lipinski definition) is 3. The molecule has 2 rings (SSSR count). The first-order valence-electron chi connectivity index (χ1n) is 5.12. The Hall–Kier alpha value is -1.26. The summed E-state index contributed by atoms with van der Waals surface area (Å²) >= 11 is 5.69. The highest BCUT2D eigenvalue weighted by molar-refractivity contribution is 14.1. The molecule has 0 saturated heterocycles. The fourth-order valence-corrected chi connectivity index (χ4v) is 2.31. The molecule has 2 aromatic carbocycles. The molecular weight excluding hydrogens is 405 g/mol. The van der Waals surface area contributed by atoms with E-state index in [2.05, 4.69) is 49.9 Å². The lowest BCUT2D eigenvalue weighted by Gasteiger charge is -2.10. The van der Waals surface area contributed by atoms with Crippen LogP contribution in [0.4, 0.5) is 17.1 Å². The normalized spacial score (nSPS) is 9.83. The van der Waals surface area contributed by atoms with Gasteiger partial charge in [-0.05, 0) is 59.0 Å². The molecule has 0 aliphatic rings. The van der Waals surface area contributed by atoms with Gasteiger partial charge in [0.05, 0.1) is 11.3 Å². The number of nitrogen functional groups attached to an aromatic ring is 1. The molecule has 2 aromatic rings. The topological polar surface area (TPSA) is 61.8 Å². The third-order valence-corrected chi connectivity index (χ3v) is 3.82. The van der Waals surface area contributed by atoms with Gasteiger partial charge in [0.25, 0.3) is 0 Å². The predicted molar refractivity (Wildman–Crippen MR) is 85.7 cm³/mol. The highest BCUT2D eigenvalue weighted by Crippen LogP contribution is 2.27. The van der Waals surface area contributed by atoms with E-state index in [4.69, 9.17) is 11.0 Å². The van der Waals surface area contributed by atoms with Crippen LogP contribution in [0.1, 0.15) is 5.56 Å². The van der Waals surface area contributed by atoms with Crippen molar-refractivity contribution >= 4 is 55.6 Å². The molecule has 0 amide bonds. The highest BCUT2D eigenvalue weighted by Gasteiger charge is 2.04. The third-order valence-electron chi connectivity index (χ3n) is 2.38. The lowest BCUT2D eigenvalue weighted by atomic mass is 10.1. The molecule has 3 nitrogen and oxygen atoms in total. The summed E-state index contributed by atoms with van der Waals surface area (Å²) in [6, 6.07) is 13.4. The molecule has 90 valence electrons. The summed E-state index contributed by atoms with van der Waals surface area (Å²) in [7, 11) is 0. The molecule has 0 aromatic heterocycles. The summed E-state index contributed by atoms with van der Waals surface area (Å²) in [4.78, 5) is 0. The van der Waals surface area contributed by atoms with Gasteiger partial charge in [0, 0.05) is 19.4 Å². The van der Waals surface area contributed by atoms with Crippen molar-refractivity contribution < 1.29 is 0 Å². The molecule has 0 saturated carbocycles. The van der Waals surface area contributed by atoms with Crippen LogP contribution in [-0.2, 0) is 0 Å². The van der Waals surface area contributed by atoms with Crippen LogP contribution < -0.4 is 11.1 Å². The Kier molecular flexibility index (Phi) is 4.09. The summed E-state index contributed by atoms with van der Waals surface area (Å²) < 4.78 is 2.10. The second kappa shape index (κ2) is 5.59. The quantitative estimate of drug-likeness (QED) is 0.571. The van der Waals surface area contributed by atoms with Crippen molar-refractivity contribution in [3.8, 4) is 6.07 Å². The third kappa shape index (κ3) is 2.94. The maximum Gasteiger partial charge on any atom is 0.101 e. The van der Waals surface area contributed by atoms with Gasteiger partial charge in [-0.2, -0.15) is 5.26 Å². The first-order valence-corrected chi connectivity index (χ1v) is 6.99. The van der Waals surface area contributed by atoms with E-state index in [0.29, 0.717) is 11.3 Å². The Morgan fingerprint density at radius 2 is 2.00 bits per heavy atom. The van der Waals surface area contributed by atoms with Crippen LogP contribution in [0.2, 0.25) is 0 Å². The summed E-state index contributed by atoms with van der Waals surface area (Å²) in [5.74, 6) is 0. The van der Waals surface area contributed by atoms with E-state index < -0.39 is 0 Å². The number of nitrogens with one attached hydrogen (secondary N) is 1. The number of halogens is 2. The van der Waals surface area contributed by atoms with Gasteiger partial charge >= 0.3 is 0 Å². The van der Waals surface area contributed by atoms with E-state index in [0.717, 1.165) is 19.4 Å². The van der Waals surface area contributed by atoms with Gasteiger partial charge in [-0.25, -0.2) is 0 Å². The molecule has 0 spiro atoms. The zero-order valence-electron chi connectivity index (χ0n) is 9.24. The fraction of sp³-hybridized carbons (Fsp3) is 0. The van der Waals surface area contributed by atoms with Crippen LogP contribution in [0.15, 0.2) is 40.9 Å². The molecule has 5 heteroatoms. The maximum absolute atomic E-state index is 8.94. The summed E-state index contributed by atoms with van der Waals surface area (Å²) in [5, 5.41) is 12.2. The monoisotopic (exact) mass is 413 g/mol. The number of nitrogens with two attached hydrogens (primary N) is 1. The van der Waals surface area contributed by atoms with Crippen molar-refractivity contribution in [1.29, 1.82) is 5.26 Å². The lowest BCUT2D eigenvalue weighted by Crippen LogP contribution is -1.96. The molecule has 0 aliphatic carbocycles. The van der Waals surface area contributed by atoms with Crippen molar-refractivity contribution in [2.24, 2.45) is 0 Å². The minimum atomic E-state index is 0.477. The molecular formula is C13H9BrIN3. The Labute approximate surface area is 127 Å². The number of hydrogen-bond donors (Lipinski definition) is 2. The van der Waals surface area contributed by atoms with E-state index in [1.54, 1.807) is 12.1 Å². The average molecular weight is 414 g/mol. The van der Waals surface area contributed by atoms with E-state index >= 15 is 0 Å². The molecule has 18 heavy (non-hydrogen) atoms. The number of benzene rings is 2. The van der Waals surface area contributed by atoms with Gasteiger partial charge in [0.15, 0.2) is 0 Å². The zero-order chi connectivity index (χ0) is 13.1. The van der Waals surface area contributed by atoms with Gasteiger partial charge in [0.2, 0.25) is 0 Å². The second-order valence-electron chi connectivity index (χ2n) is 3.66. The van der Waals surface area contributed by atoms with Gasteiger partial charge in [-0.15, -0.1) is 0 Å². The molecule has 0 fully saturated rings. The predicted octanol–water partition coefficient (Wildman–Crippen LogP) is 4.25. The number of nitriles is 1. The van der Waals surface area contributed by atoms with Crippen molar-refractivity contribution in [2.45, 2.75) is 0 Å². The molecule has 0 bridgehead atoms. The molecule has 0 atom stereocenters.